The zero-order valence-corrected chi connectivity index (χ0v) is 13.8. The number of carbonyl (C=O) groups is 1. The molecule has 1 saturated heterocycles. The third kappa shape index (κ3) is 3.29. The Morgan fingerprint density at radius 3 is 2.92 bits per heavy atom. The molecule has 1 fully saturated rings. The van der Waals surface area contributed by atoms with Crippen LogP contribution in [0.1, 0.15) is 25.5 Å². The van der Waals surface area contributed by atoms with Gasteiger partial charge in [-0.25, -0.2) is 0 Å². The highest BCUT2D eigenvalue weighted by atomic mass is 16.6. The lowest BCUT2D eigenvalue weighted by Crippen LogP contribution is -2.47. The van der Waals surface area contributed by atoms with Crippen LogP contribution in [0.2, 0.25) is 0 Å². The number of nitro benzene ring substituents is 1. The molecule has 0 bridgehead atoms. The summed E-state index contributed by atoms with van der Waals surface area (Å²) in [5.74, 6) is -0.0340. The Morgan fingerprint density at radius 1 is 1.42 bits per heavy atom. The third-order valence-electron chi connectivity index (χ3n) is 4.28. The van der Waals surface area contributed by atoms with Gasteiger partial charge in [-0.1, -0.05) is 0 Å². The van der Waals surface area contributed by atoms with Crippen molar-refractivity contribution in [1.29, 1.82) is 0 Å². The molecule has 1 amide bonds. The van der Waals surface area contributed by atoms with Crippen molar-refractivity contribution >= 4 is 28.2 Å². The van der Waals surface area contributed by atoms with Gasteiger partial charge >= 0.3 is 0 Å². The number of nitro groups is 1. The molecule has 126 valence electrons. The van der Waals surface area contributed by atoms with Gasteiger partial charge in [0.05, 0.1) is 10.4 Å². The van der Waals surface area contributed by atoms with E-state index in [0.717, 1.165) is 41.7 Å². The minimum Gasteiger partial charge on any atom is -0.369 e. The summed E-state index contributed by atoms with van der Waals surface area (Å²) in [6.07, 6.45) is 1.90. The number of rotatable bonds is 3. The van der Waals surface area contributed by atoms with Gasteiger partial charge in [0.15, 0.2) is 0 Å². The standard InChI is InChI=1S/C17H20N4O3/c1-11-8-17(20-7-3-4-13(10-20)19-12(2)22)15-9-14(21(23)24)5-6-16(15)18-11/h5-6,8-9,13H,3-4,7,10H2,1-2H3,(H,19,22)/t13-/m1/s1. The van der Waals surface area contributed by atoms with Crippen LogP contribution < -0.4 is 10.2 Å². The van der Waals surface area contributed by atoms with E-state index in [4.69, 9.17) is 0 Å². The molecule has 1 aliphatic heterocycles. The van der Waals surface area contributed by atoms with Crippen molar-refractivity contribution in [3.8, 4) is 0 Å². The lowest BCUT2D eigenvalue weighted by molar-refractivity contribution is -0.384. The van der Waals surface area contributed by atoms with E-state index in [2.05, 4.69) is 15.2 Å². The second-order valence-corrected chi connectivity index (χ2v) is 6.23. The zero-order chi connectivity index (χ0) is 17.3. The number of pyridine rings is 1. The number of fused-ring (bicyclic) bond motifs is 1. The SMILES string of the molecule is CC(=O)N[C@@H]1CCCN(c2cc(C)nc3ccc([N+](=O)[O-])cc23)C1. The number of anilines is 1. The second kappa shape index (κ2) is 6.43. The monoisotopic (exact) mass is 328 g/mol. The molecule has 2 heterocycles. The largest absolute Gasteiger partial charge is 0.369 e. The number of benzene rings is 1. The van der Waals surface area contributed by atoms with Crippen molar-refractivity contribution in [2.45, 2.75) is 32.7 Å². The molecule has 0 aliphatic carbocycles. The lowest BCUT2D eigenvalue weighted by Gasteiger charge is -2.35. The maximum Gasteiger partial charge on any atom is 0.270 e. The van der Waals surface area contributed by atoms with Gasteiger partial charge < -0.3 is 10.2 Å². The molecule has 0 saturated carbocycles. The second-order valence-electron chi connectivity index (χ2n) is 6.23. The minimum atomic E-state index is -0.389. The molecule has 24 heavy (non-hydrogen) atoms. The van der Waals surface area contributed by atoms with Gasteiger partial charge in [0.1, 0.15) is 0 Å². The van der Waals surface area contributed by atoms with Crippen LogP contribution in [0.25, 0.3) is 10.9 Å². The summed E-state index contributed by atoms with van der Waals surface area (Å²) in [4.78, 5) is 28.7. The van der Waals surface area contributed by atoms with Crippen LogP contribution in [0.5, 0.6) is 0 Å². The molecule has 0 spiro atoms. The van der Waals surface area contributed by atoms with E-state index in [1.165, 1.54) is 13.0 Å². The minimum absolute atomic E-state index is 0.0340. The zero-order valence-electron chi connectivity index (χ0n) is 13.8. The summed E-state index contributed by atoms with van der Waals surface area (Å²) in [6.45, 7) is 4.99. The van der Waals surface area contributed by atoms with Gasteiger partial charge in [-0.3, -0.25) is 19.9 Å². The van der Waals surface area contributed by atoms with Gasteiger partial charge in [0, 0.05) is 55.0 Å². The van der Waals surface area contributed by atoms with Crippen molar-refractivity contribution < 1.29 is 9.72 Å². The van der Waals surface area contributed by atoms with Crippen LogP contribution in [0.4, 0.5) is 11.4 Å². The number of nitrogens with one attached hydrogen (secondary N) is 1. The van der Waals surface area contributed by atoms with Crippen molar-refractivity contribution in [2.75, 3.05) is 18.0 Å². The molecule has 1 aromatic carbocycles. The van der Waals surface area contributed by atoms with Gasteiger partial charge in [0.25, 0.3) is 5.69 Å². The highest BCUT2D eigenvalue weighted by molar-refractivity contribution is 5.93. The smallest absolute Gasteiger partial charge is 0.270 e. The van der Waals surface area contributed by atoms with E-state index in [9.17, 15) is 14.9 Å². The molecular formula is C17H20N4O3. The number of carbonyl (C=O) groups excluding carboxylic acids is 1. The van der Waals surface area contributed by atoms with E-state index in [1.807, 2.05) is 13.0 Å². The highest BCUT2D eigenvalue weighted by Gasteiger charge is 2.23. The number of piperidine rings is 1. The fourth-order valence-electron chi connectivity index (χ4n) is 3.30. The first-order valence-electron chi connectivity index (χ1n) is 8.02. The van der Waals surface area contributed by atoms with Crippen LogP contribution in [0.3, 0.4) is 0 Å². The van der Waals surface area contributed by atoms with Crippen LogP contribution in [0.15, 0.2) is 24.3 Å². The Balaban J connectivity index is 2.02. The maximum atomic E-state index is 11.3. The Bertz CT molecular complexity index is 806. The maximum absolute atomic E-state index is 11.3. The van der Waals surface area contributed by atoms with Crippen LogP contribution in [-0.4, -0.2) is 34.9 Å². The summed E-state index contributed by atoms with van der Waals surface area (Å²) < 4.78 is 0. The normalized spacial score (nSPS) is 17.8. The molecule has 0 radical (unpaired) electrons. The first-order chi connectivity index (χ1) is 11.4. The van der Waals surface area contributed by atoms with E-state index in [0.29, 0.717) is 6.54 Å². The first-order valence-corrected chi connectivity index (χ1v) is 8.02. The molecule has 1 N–H and O–H groups in total. The Hall–Kier alpha value is -2.70. The molecule has 1 aliphatic rings. The molecule has 1 atom stereocenters. The highest BCUT2D eigenvalue weighted by Crippen LogP contribution is 2.31. The Kier molecular flexibility index (Phi) is 4.33. The van der Waals surface area contributed by atoms with Crippen LogP contribution in [0, 0.1) is 17.0 Å². The lowest BCUT2D eigenvalue weighted by atomic mass is 10.0. The first kappa shape index (κ1) is 16.2. The Labute approximate surface area is 139 Å². The summed E-state index contributed by atoms with van der Waals surface area (Å²) in [7, 11) is 0. The van der Waals surface area contributed by atoms with Crippen molar-refractivity contribution in [3.05, 3.63) is 40.1 Å². The molecule has 7 heteroatoms. The molecular weight excluding hydrogens is 308 g/mol. The fraction of sp³-hybridized carbons (Fsp3) is 0.412. The third-order valence-corrected chi connectivity index (χ3v) is 4.28. The number of hydrogen-bond acceptors (Lipinski definition) is 5. The van der Waals surface area contributed by atoms with Crippen molar-refractivity contribution in [3.63, 3.8) is 0 Å². The fourth-order valence-corrected chi connectivity index (χ4v) is 3.30. The summed E-state index contributed by atoms with van der Waals surface area (Å²) >= 11 is 0. The van der Waals surface area contributed by atoms with Crippen LogP contribution >= 0.6 is 0 Å². The molecule has 1 aromatic heterocycles. The predicted octanol–water partition coefficient (Wildman–Crippen LogP) is 2.56. The number of nitrogens with zero attached hydrogens (tertiary/aromatic N) is 3. The van der Waals surface area contributed by atoms with Gasteiger partial charge in [0.2, 0.25) is 5.91 Å². The quantitative estimate of drug-likeness (QED) is 0.691. The van der Waals surface area contributed by atoms with E-state index < -0.39 is 0 Å². The van der Waals surface area contributed by atoms with E-state index in [1.54, 1.807) is 12.1 Å². The molecule has 3 rings (SSSR count). The number of non-ortho nitro benzene ring substituents is 1. The van der Waals surface area contributed by atoms with Crippen molar-refractivity contribution in [1.82, 2.24) is 10.3 Å². The number of aromatic nitrogens is 1. The molecule has 7 nitrogen and oxygen atoms in total. The van der Waals surface area contributed by atoms with Gasteiger partial charge in [-0.2, -0.15) is 0 Å². The van der Waals surface area contributed by atoms with Crippen molar-refractivity contribution in [2.24, 2.45) is 0 Å². The summed E-state index contributed by atoms with van der Waals surface area (Å²) in [5.41, 5.74) is 2.62. The summed E-state index contributed by atoms with van der Waals surface area (Å²) in [5, 5.41) is 14.8. The average Bonchev–Trinajstić information content (AvgIpc) is 2.53. The number of hydrogen-bond donors (Lipinski definition) is 1. The molecule has 2 aromatic rings. The number of aryl methyl sites for hydroxylation is 1. The average molecular weight is 328 g/mol. The Morgan fingerprint density at radius 2 is 2.21 bits per heavy atom. The topological polar surface area (TPSA) is 88.4 Å². The molecule has 0 unspecified atom stereocenters. The van der Waals surface area contributed by atoms with E-state index >= 15 is 0 Å². The summed E-state index contributed by atoms with van der Waals surface area (Å²) in [6, 6.07) is 6.81. The predicted molar refractivity (Wildman–Crippen MR) is 92.2 cm³/mol. The van der Waals surface area contributed by atoms with Gasteiger partial charge in [-0.15, -0.1) is 0 Å². The number of amides is 1. The van der Waals surface area contributed by atoms with E-state index in [-0.39, 0.29) is 22.6 Å². The van der Waals surface area contributed by atoms with Crippen LogP contribution in [-0.2, 0) is 4.79 Å². The van der Waals surface area contributed by atoms with Gasteiger partial charge in [-0.05, 0) is 31.9 Å².